The fourth-order valence-electron chi connectivity index (χ4n) is 1.79. The van der Waals surface area contributed by atoms with Crippen molar-refractivity contribution in [3.05, 3.63) is 12.1 Å². The number of morpholine rings is 1. The molecule has 0 radical (unpaired) electrons. The Hall–Kier alpha value is -1.47. The lowest BCUT2D eigenvalue weighted by Crippen LogP contribution is -2.66. The van der Waals surface area contributed by atoms with Crippen LogP contribution in [0.4, 0.5) is 0 Å². The molecule has 7 nitrogen and oxygen atoms in total. The van der Waals surface area contributed by atoms with Crippen molar-refractivity contribution in [2.24, 2.45) is 4.99 Å². The van der Waals surface area contributed by atoms with Gasteiger partial charge in [0.1, 0.15) is 19.3 Å². The second-order valence-electron chi connectivity index (χ2n) is 4.15. The molecule has 96 valence electrons. The van der Waals surface area contributed by atoms with Crippen LogP contribution < -0.4 is 5.43 Å². The Bertz CT molecular complexity index is 336. The molecule has 1 fully saturated rings. The van der Waals surface area contributed by atoms with Gasteiger partial charge in [-0.1, -0.05) is 0 Å². The van der Waals surface area contributed by atoms with Crippen molar-refractivity contribution >= 4 is 6.02 Å². The van der Waals surface area contributed by atoms with E-state index in [1.807, 2.05) is 11.3 Å². The molecule has 0 aliphatic carbocycles. The van der Waals surface area contributed by atoms with E-state index in [1.54, 1.807) is 14.2 Å². The fourth-order valence-corrected chi connectivity index (χ4v) is 1.79. The molecular weight excluding hydrogens is 224 g/mol. The Kier molecular flexibility index (Phi) is 3.39. The van der Waals surface area contributed by atoms with Gasteiger partial charge in [0.05, 0.1) is 34.5 Å². The average molecular weight is 243 g/mol. The van der Waals surface area contributed by atoms with Gasteiger partial charge in [0.2, 0.25) is 5.88 Å². The van der Waals surface area contributed by atoms with Crippen molar-refractivity contribution < 1.29 is 18.8 Å². The van der Waals surface area contributed by atoms with Crippen molar-refractivity contribution in [1.29, 1.82) is 0 Å². The molecule has 2 heterocycles. The number of hydrogen-bond acceptors (Lipinski definition) is 6. The molecule has 0 atom stereocenters. The first-order valence-corrected chi connectivity index (χ1v) is 5.55. The Labute approximate surface area is 101 Å². The second kappa shape index (κ2) is 4.80. The highest BCUT2D eigenvalue weighted by atomic mass is 16.5. The van der Waals surface area contributed by atoms with Crippen LogP contribution in [0.2, 0.25) is 0 Å². The number of likely N-dealkylation sites (N-methyl/N-ethyl adjacent to an activating group) is 1. The zero-order valence-corrected chi connectivity index (χ0v) is 10.5. The van der Waals surface area contributed by atoms with Crippen LogP contribution in [0.5, 0.6) is 0 Å². The number of aliphatic imine (C=N–C) groups is 1. The largest absolute Gasteiger partial charge is 0.480 e. The lowest BCUT2D eigenvalue weighted by atomic mass is 10.4. The Morgan fingerprint density at radius 3 is 2.65 bits per heavy atom. The molecule has 1 saturated heterocycles. The minimum Gasteiger partial charge on any atom is -0.480 e. The summed E-state index contributed by atoms with van der Waals surface area (Å²) in [7, 11) is 5.28. The normalized spacial score (nSPS) is 23.4. The van der Waals surface area contributed by atoms with Crippen LogP contribution in [0.3, 0.4) is 0 Å². The maximum Gasteiger partial charge on any atom is 0.315 e. The number of quaternary nitrogens is 1. The summed E-state index contributed by atoms with van der Waals surface area (Å²) in [6, 6.07) is 0.426. The first kappa shape index (κ1) is 12.0. The molecule has 2 aliphatic heterocycles. The smallest absolute Gasteiger partial charge is 0.315 e. The maximum absolute atomic E-state index is 5.38. The minimum absolute atomic E-state index is 0.426. The Morgan fingerprint density at radius 1 is 1.35 bits per heavy atom. The van der Waals surface area contributed by atoms with Gasteiger partial charge in [-0.2, -0.15) is 9.58 Å². The van der Waals surface area contributed by atoms with Crippen LogP contribution in [-0.2, 0) is 14.2 Å². The monoisotopic (exact) mass is 243 g/mol. The molecule has 0 aromatic heterocycles. The zero-order chi connectivity index (χ0) is 12.3. The van der Waals surface area contributed by atoms with Crippen LogP contribution in [0.1, 0.15) is 0 Å². The summed E-state index contributed by atoms with van der Waals surface area (Å²) in [4.78, 5) is 4.13. The molecule has 0 aromatic rings. The highest BCUT2D eigenvalue weighted by molar-refractivity contribution is 5.74. The third kappa shape index (κ3) is 2.45. The van der Waals surface area contributed by atoms with Crippen LogP contribution in [-0.4, -0.2) is 63.3 Å². The number of hydrazine groups is 1. The summed E-state index contributed by atoms with van der Waals surface area (Å²) in [6.45, 7) is 3.25. The van der Waals surface area contributed by atoms with E-state index in [9.17, 15) is 0 Å². The predicted octanol–water partition coefficient (Wildman–Crippen LogP) is -0.354. The van der Waals surface area contributed by atoms with E-state index in [1.165, 1.54) is 0 Å². The molecule has 0 aromatic carbocycles. The van der Waals surface area contributed by atoms with E-state index in [0.717, 1.165) is 26.3 Å². The fraction of sp³-hybridized carbons (Fsp3) is 0.700. The molecule has 2 rings (SSSR count). The summed E-state index contributed by atoms with van der Waals surface area (Å²) < 4.78 is 16.4. The van der Waals surface area contributed by atoms with Crippen molar-refractivity contribution in [1.82, 2.24) is 10.5 Å². The number of rotatable bonds is 2. The minimum atomic E-state index is 0.426. The third-order valence-electron chi connectivity index (χ3n) is 3.01. The maximum atomic E-state index is 5.38. The van der Waals surface area contributed by atoms with E-state index in [4.69, 9.17) is 14.2 Å². The summed E-state index contributed by atoms with van der Waals surface area (Å²) in [5, 5.41) is 1.94. The zero-order valence-electron chi connectivity index (χ0n) is 10.5. The highest BCUT2D eigenvalue weighted by Crippen LogP contribution is 2.16. The van der Waals surface area contributed by atoms with Gasteiger partial charge >= 0.3 is 6.02 Å². The second-order valence-corrected chi connectivity index (χ2v) is 4.15. The van der Waals surface area contributed by atoms with E-state index in [0.29, 0.717) is 16.5 Å². The molecule has 0 saturated carbocycles. The van der Waals surface area contributed by atoms with Crippen LogP contribution in [0.25, 0.3) is 0 Å². The van der Waals surface area contributed by atoms with Gasteiger partial charge in [0.25, 0.3) is 0 Å². The number of hydrogen-bond donors (Lipinski definition) is 1. The van der Waals surface area contributed by atoms with E-state index in [2.05, 4.69) is 17.5 Å². The summed E-state index contributed by atoms with van der Waals surface area (Å²) >= 11 is 0. The number of methoxy groups -OCH3 is 2. The number of nitrogens with zero attached hydrogens (tertiary/aromatic N) is 3. The number of ether oxygens (including phenoxy) is 3. The molecule has 0 bridgehead atoms. The molecule has 0 amide bonds. The molecular formula is C10H19N4O3+. The number of nitrogens with one attached hydrogen (secondary N) is 1. The van der Waals surface area contributed by atoms with E-state index >= 15 is 0 Å². The average Bonchev–Trinajstić information content (AvgIpc) is 2.39. The van der Waals surface area contributed by atoms with Gasteiger partial charge in [0.15, 0.2) is 0 Å². The van der Waals surface area contributed by atoms with Gasteiger partial charge < -0.3 is 14.2 Å². The van der Waals surface area contributed by atoms with Crippen molar-refractivity contribution in [3.8, 4) is 0 Å². The lowest BCUT2D eigenvalue weighted by Gasteiger charge is -2.44. The van der Waals surface area contributed by atoms with Crippen LogP contribution >= 0.6 is 0 Å². The van der Waals surface area contributed by atoms with E-state index in [-0.39, 0.29) is 0 Å². The predicted molar refractivity (Wildman–Crippen MR) is 61.2 cm³/mol. The summed E-state index contributed by atoms with van der Waals surface area (Å²) in [5.41, 5.74) is 3.10. The van der Waals surface area contributed by atoms with Crippen LogP contribution in [0, 0.1) is 0 Å². The van der Waals surface area contributed by atoms with Gasteiger partial charge in [-0.3, -0.25) is 0 Å². The summed E-state index contributed by atoms with van der Waals surface area (Å²) in [5.74, 6) is 0.520. The molecule has 17 heavy (non-hydrogen) atoms. The van der Waals surface area contributed by atoms with Crippen molar-refractivity contribution in [2.75, 3.05) is 47.6 Å². The molecule has 0 unspecified atom stereocenters. The number of amidine groups is 1. The lowest BCUT2D eigenvalue weighted by molar-refractivity contribution is -1.02. The molecule has 0 spiro atoms. The SMILES string of the molecule is COC1=CN([N+]2(C)CCOCC2)NC(OC)=N1. The summed E-state index contributed by atoms with van der Waals surface area (Å²) in [6.07, 6.45) is 1.83. The van der Waals surface area contributed by atoms with E-state index < -0.39 is 0 Å². The first-order valence-electron chi connectivity index (χ1n) is 5.55. The van der Waals surface area contributed by atoms with Crippen molar-refractivity contribution in [3.63, 3.8) is 0 Å². The van der Waals surface area contributed by atoms with Gasteiger partial charge in [-0.25, -0.2) is 5.43 Å². The quantitative estimate of drug-likeness (QED) is 0.672. The molecule has 1 N–H and O–H groups in total. The Morgan fingerprint density at radius 2 is 2.06 bits per heavy atom. The van der Waals surface area contributed by atoms with Crippen LogP contribution in [0.15, 0.2) is 17.1 Å². The Balaban J connectivity index is 2.16. The van der Waals surface area contributed by atoms with Crippen molar-refractivity contribution in [2.45, 2.75) is 0 Å². The topological polar surface area (TPSA) is 55.3 Å². The third-order valence-corrected chi connectivity index (χ3v) is 3.01. The first-order chi connectivity index (χ1) is 8.18. The van der Waals surface area contributed by atoms with Gasteiger partial charge in [0, 0.05) is 0 Å². The molecule has 2 aliphatic rings. The molecule has 7 heteroatoms. The van der Waals surface area contributed by atoms with Gasteiger partial charge in [-0.15, -0.1) is 5.12 Å². The highest BCUT2D eigenvalue weighted by Gasteiger charge is 2.34. The standard InChI is InChI=1S/C10H19N4O3/c1-14(4-6-17-7-5-14)13-8-9(15-2)11-10(12-13)16-3/h8H,4-7H2,1-3H3,(H,11,12)/q+1. The van der Waals surface area contributed by atoms with Gasteiger partial charge in [-0.05, 0) is 0 Å².